The smallest absolute Gasteiger partial charge is 0.191 e. The molecule has 1 heterocycles. The summed E-state index contributed by atoms with van der Waals surface area (Å²) in [4.78, 5) is 7.34. The molecule has 1 aromatic carbocycles. The van der Waals surface area contributed by atoms with Gasteiger partial charge in [0.05, 0.1) is 18.2 Å². The van der Waals surface area contributed by atoms with Crippen molar-refractivity contribution in [3.05, 3.63) is 35.4 Å². The minimum absolute atomic E-state index is 0.513. The first kappa shape index (κ1) is 16.8. The van der Waals surface area contributed by atoms with Crippen LogP contribution in [0.3, 0.4) is 0 Å². The van der Waals surface area contributed by atoms with E-state index in [-0.39, 0.29) is 0 Å². The fourth-order valence-corrected chi connectivity index (χ4v) is 3.22. The maximum Gasteiger partial charge on any atom is 0.191 e. The van der Waals surface area contributed by atoms with Gasteiger partial charge in [0.1, 0.15) is 0 Å². The van der Waals surface area contributed by atoms with Gasteiger partial charge in [0.2, 0.25) is 0 Å². The highest BCUT2D eigenvalue weighted by Gasteiger charge is 2.31. The molecule has 1 aromatic rings. The molecule has 2 fully saturated rings. The zero-order chi connectivity index (χ0) is 16.8. The summed E-state index contributed by atoms with van der Waals surface area (Å²) in [5, 5.41) is 15.8. The van der Waals surface area contributed by atoms with Crippen LogP contribution in [0.15, 0.2) is 29.3 Å². The van der Waals surface area contributed by atoms with Crippen LogP contribution >= 0.6 is 0 Å². The summed E-state index contributed by atoms with van der Waals surface area (Å²) in [6, 6.07) is 11.2. The van der Waals surface area contributed by atoms with Crippen molar-refractivity contribution >= 4 is 5.96 Å². The molecule has 0 radical (unpaired) electrons. The molecule has 128 valence electrons. The number of benzene rings is 1. The lowest BCUT2D eigenvalue weighted by atomic mass is 10.1. The first-order chi connectivity index (χ1) is 11.8. The summed E-state index contributed by atoms with van der Waals surface area (Å²) in [5.74, 6) is 0.895. The Morgan fingerprint density at radius 1 is 1.21 bits per heavy atom. The van der Waals surface area contributed by atoms with Crippen LogP contribution in [0.4, 0.5) is 0 Å². The molecule has 1 aliphatic carbocycles. The van der Waals surface area contributed by atoms with Crippen LogP contribution in [0.5, 0.6) is 0 Å². The highest BCUT2D eigenvalue weighted by molar-refractivity contribution is 5.80. The van der Waals surface area contributed by atoms with Gasteiger partial charge in [0.25, 0.3) is 0 Å². The lowest BCUT2D eigenvalue weighted by Gasteiger charge is -2.33. The monoisotopic (exact) mass is 325 g/mol. The highest BCUT2D eigenvalue weighted by atomic mass is 15.2. The average molecular weight is 325 g/mol. The second-order valence-corrected chi connectivity index (χ2v) is 6.69. The molecule has 2 aliphatic rings. The van der Waals surface area contributed by atoms with Gasteiger partial charge in [-0.3, -0.25) is 0 Å². The second-order valence-electron chi connectivity index (χ2n) is 6.69. The van der Waals surface area contributed by atoms with Crippen molar-refractivity contribution < 1.29 is 0 Å². The Morgan fingerprint density at radius 2 is 1.92 bits per heavy atom. The molecule has 0 aromatic heterocycles. The van der Waals surface area contributed by atoms with Gasteiger partial charge in [0.15, 0.2) is 5.96 Å². The lowest BCUT2D eigenvalue weighted by Crippen LogP contribution is -2.49. The maximum atomic E-state index is 8.85. The second kappa shape index (κ2) is 8.16. The topological polar surface area (TPSA) is 63.5 Å². The first-order valence-corrected chi connectivity index (χ1v) is 9.06. The third-order valence-corrected chi connectivity index (χ3v) is 4.78. The molecule has 0 unspecified atom stereocenters. The molecule has 5 nitrogen and oxygen atoms in total. The van der Waals surface area contributed by atoms with E-state index in [1.807, 2.05) is 24.3 Å². The number of nitriles is 1. The van der Waals surface area contributed by atoms with E-state index in [2.05, 4.69) is 28.5 Å². The molecule has 0 amide bonds. The SMILES string of the molecule is CCNC(=NCc1ccc(C#N)cc1)NC1CCN(C2CC2)CC1. The minimum Gasteiger partial charge on any atom is -0.357 e. The number of likely N-dealkylation sites (tertiary alicyclic amines) is 1. The molecular formula is C19H27N5. The van der Waals surface area contributed by atoms with Crippen molar-refractivity contribution in [2.75, 3.05) is 19.6 Å². The predicted molar refractivity (Wildman–Crippen MR) is 96.7 cm³/mol. The molecule has 5 heteroatoms. The molecule has 1 aliphatic heterocycles. The van der Waals surface area contributed by atoms with Gasteiger partial charge in [-0.2, -0.15) is 5.26 Å². The number of hydrogen-bond acceptors (Lipinski definition) is 3. The Labute approximate surface area is 144 Å². The number of nitrogens with one attached hydrogen (secondary N) is 2. The van der Waals surface area contributed by atoms with E-state index < -0.39 is 0 Å². The molecule has 0 spiro atoms. The zero-order valence-electron chi connectivity index (χ0n) is 14.5. The first-order valence-electron chi connectivity index (χ1n) is 9.06. The summed E-state index contributed by atoms with van der Waals surface area (Å²) < 4.78 is 0. The van der Waals surface area contributed by atoms with Gasteiger partial charge in [-0.15, -0.1) is 0 Å². The van der Waals surface area contributed by atoms with Crippen molar-refractivity contribution in [2.45, 2.75) is 51.2 Å². The van der Waals surface area contributed by atoms with Gasteiger partial charge in [-0.1, -0.05) is 12.1 Å². The molecule has 24 heavy (non-hydrogen) atoms. The van der Waals surface area contributed by atoms with Crippen LogP contribution in [0.1, 0.15) is 43.7 Å². The zero-order valence-corrected chi connectivity index (χ0v) is 14.5. The van der Waals surface area contributed by atoms with Crippen molar-refractivity contribution in [3.63, 3.8) is 0 Å². The highest BCUT2D eigenvalue weighted by Crippen LogP contribution is 2.29. The Hall–Kier alpha value is -2.06. The Bertz CT molecular complexity index is 589. The quantitative estimate of drug-likeness (QED) is 0.644. The van der Waals surface area contributed by atoms with Gasteiger partial charge >= 0.3 is 0 Å². The number of hydrogen-bond donors (Lipinski definition) is 2. The number of aliphatic imine (C=N–C) groups is 1. The molecule has 1 saturated heterocycles. The van der Waals surface area contributed by atoms with E-state index in [9.17, 15) is 0 Å². The van der Waals surface area contributed by atoms with Crippen LogP contribution in [0.25, 0.3) is 0 Å². The summed E-state index contributed by atoms with van der Waals surface area (Å²) in [5.41, 5.74) is 1.81. The molecule has 2 N–H and O–H groups in total. The molecule has 0 atom stereocenters. The van der Waals surface area contributed by atoms with Crippen LogP contribution in [-0.2, 0) is 6.54 Å². The van der Waals surface area contributed by atoms with E-state index in [4.69, 9.17) is 10.3 Å². The van der Waals surface area contributed by atoms with Crippen molar-refractivity contribution in [1.29, 1.82) is 5.26 Å². The van der Waals surface area contributed by atoms with Gasteiger partial charge in [0, 0.05) is 31.7 Å². The van der Waals surface area contributed by atoms with Crippen molar-refractivity contribution in [2.24, 2.45) is 4.99 Å². The van der Waals surface area contributed by atoms with E-state index in [0.717, 1.165) is 24.1 Å². The van der Waals surface area contributed by atoms with Crippen LogP contribution in [0, 0.1) is 11.3 Å². The summed E-state index contributed by atoms with van der Waals surface area (Å²) >= 11 is 0. The molecule has 0 bridgehead atoms. The van der Waals surface area contributed by atoms with E-state index in [0.29, 0.717) is 18.2 Å². The summed E-state index contributed by atoms with van der Waals surface area (Å²) in [7, 11) is 0. The Balaban J connectivity index is 1.52. The molecule has 1 saturated carbocycles. The van der Waals surface area contributed by atoms with E-state index in [1.54, 1.807) is 0 Å². The van der Waals surface area contributed by atoms with Gasteiger partial charge in [-0.05, 0) is 50.3 Å². The number of guanidine groups is 1. The van der Waals surface area contributed by atoms with Gasteiger partial charge < -0.3 is 15.5 Å². The predicted octanol–water partition coefficient (Wildman–Crippen LogP) is 2.24. The van der Waals surface area contributed by atoms with Gasteiger partial charge in [-0.25, -0.2) is 4.99 Å². The fraction of sp³-hybridized carbons (Fsp3) is 0.579. The standard InChI is InChI=1S/C19H27N5/c1-2-21-19(22-14-16-5-3-15(13-20)4-6-16)23-17-9-11-24(12-10-17)18-7-8-18/h3-6,17-18H,2,7-12,14H2,1H3,(H2,21,22,23). The minimum atomic E-state index is 0.513. The molecule has 3 rings (SSSR count). The summed E-state index contributed by atoms with van der Waals surface area (Å²) in [6.07, 6.45) is 5.18. The van der Waals surface area contributed by atoms with Crippen molar-refractivity contribution in [1.82, 2.24) is 15.5 Å². The molecular weight excluding hydrogens is 298 g/mol. The third kappa shape index (κ3) is 4.72. The maximum absolute atomic E-state index is 8.85. The van der Waals surface area contributed by atoms with E-state index in [1.165, 1.54) is 38.8 Å². The summed E-state index contributed by atoms with van der Waals surface area (Å²) in [6.45, 7) is 5.99. The number of piperidine rings is 1. The third-order valence-electron chi connectivity index (χ3n) is 4.78. The average Bonchev–Trinajstić information content (AvgIpc) is 3.46. The number of rotatable bonds is 5. The fourth-order valence-electron chi connectivity index (χ4n) is 3.22. The van der Waals surface area contributed by atoms with Crippen LogP contribution in [-0.4, -0.2) is 42.6 Å². The lowest BCUT2D eigenvalue weighted by molar-refractivity contribution is 0.197. The Kier molecular flexibility index (Phi) is 5.71. The van der Waals surface area contributed by atoms with Crippen LogP contribution in [0.2, 0.25) is 0 Å². The number of nitrogens with zero attached hydrogens (tertiary/aromatic N) is 3. The van der Waals surface area contributed by atoms with Crippen molar-refractivity contribution in [3.8, 4) is 6.07 Å². The van der Waals surface area contributed by atoms with Crippen LogP contribution < -0.4 is 10.6 Å². The largest absolute Gasteiger partial charge is 0.357 e. The van der Waals surface area contributed by atoms with E-state index >= 15 is 0 Å². The Morgan fingerprint density at radius 3 is 2.50 bits per heavy atom. The normalized spacial score (nSPS) is 19.8.